The highest BCUT2D eigenvalue weighted by Crippen LogP contribution is 2.39. The molecule has 0 atom stereocenters. The van der Waals surface area contributed by atoms with Crippen LogP contribution in [0.2, 0.25) is 0 Å². The van der Waals surface area contributed by atoms with Gasteiger partial charge < -0.3 is 0 Å². The second-order valence-electron chi connectivity index (χ2n) is 4.48. The van der Waals surface area contributed by atoms with Crippen LogP contribution in [0.1, 0.15) is 21.5 Å². The standard InChI is InChI=1S/C14H9BrO3S/c1-8-6-12-11(7-13(8)19(15,17)18)9-4-2-3-5-10(9)14(12)16/h2-7H,1H3. The highest BCUT2D eigenvalue weighted by atomic mass is 79.9. The number of rotatable bonds is 1. The Morgan fingerprint density at radius 2 is 1.58 bits per heavy atom. The van der Waals surface area contributed by atoms with Gasteiger partial charge in [0.05, 0.1) is 19.7 Å². The molecule has 5 heteroatoms. The first-order chi connectivity index (χ1) is 8.89. The Labute approximate surface area is 118 Å². The molecule has 96 valence electrons. The number of hydrogen-bond donors (Lipinski definition) is 0. The number of carbonyl (C=O) groups excluding carboxylic acids is 1. The summed E-state index contributed by atoms with van der Waals surface area (Å²) >= 11 is 2.69. The van der Waals surface area contributed by atoms with Gasteiger partial charge in [0.1, 0.15) is 0 Å². The van der Waals surface area contributed by atoms with Crippen LogP contribution in [0.25, 0.3) is 11.1 Å². The number of aryl methyl sites for hydroxylation is 1. The second kappa shape index (κ2) is 4.02. The molecule has 0 amide bonds. The van der Waals surface area contributed by atoms with Crippen LogP contribution in [0.4, 0.5) is 0 Å². The van der Waals surface area contributed by atoms with Crippen LogP contribution in [0.3, 0.4) is 0 Å². The highest BCUT2D eigenvalue weighted by molar-refractivity contribution is 9.47. The summed E-state index contributed by atoms with van der Waals surface area (Å²) in [5.41, 5.74) is 3.24. The summed E-state index contributed by atoms with van der Waals surface area (Å²) in [6.45, 7) is 1.69. The van der Waals surface area contributed by atoms with Crippen molar-refractivity contribution in [1.29, 1.82) is 0 Å². The van der Waals surface area contributed by atoms with Crippen LogP contribution in [0.5, 0.6) is 0 Å². The molecule has 19 heavy (non-hydrogen) atoms. The zero-order chi connectivity index (χ0) is 13.8. The lowest BCUT2D eigenvalue weighted by Crippen LogP contribution is -1.99. The number of carbonyl (C=O) groups is 1. The third-order valence-electron chi connectivity index (χ3n) is 3.28. The predicted molar refractivity (Wildman–Crippen MR) is 76.2 cm³/mol. The van der Waals surface area contributed by atoms with Gasteiger partial charge in [-0.05, 0) is 35.7 Å². The highest BCUT2D eigenvalue weighted by Gasteiger charge is 2.28. The van der Waals surface area contributed by atoms with Gasteiger partial charge in [0.15, 0.2) is 5.78 Å². The van der Waals surface area contributed by atoms with Crippen LogP contribution in [-0.2, 0) is 8.27 Å². The van der Waals surface area contributed by atoms with E-state index in [0.29, 0.717) is 22.3 Å². The van der Waals surface area contributed by atoms with Crippen LogP contribution < -0.4 is 0 Å². The number of fused-ring (bicyclic) bond motifs is 3. The summed E-state index contributed by atoms with van der Waals surface area (Å²) in [4.78, 5) is 12.4. The third-order valence-corrected chi connectivity index (χ3v) is 5.30. The summed E-state index contributed by atoms with van der Waals surface area (Å²) in [5.74, 6) is -0.0489. The van der Waals surface area contributed by atoms with Gasteiger partial charge in [-0.25, -0.2) is 8.42 Å². The maximum Gasteiger partial charge on any atom is 0.237 e. The van der Waals surface area contributed by atoms with Crippen molar-refractivity contribution >= 4 is 28.9 Å². The summed E-state index contributed by atoms with van der Waals surface area (Å²) in [7, 11) is -3.47. The molecule has 0 N–H and O–H groups in total. The number of halogens is 1. The maximum atomic E-state index is 12.2. The van der Waals surface area contributed by atoms with Crippen molar-refractivity contribution in [1.82, 2.24) is 0 Å². The predicted octanol–water partition coefficient (Wildman–Crippen LogP) is 3.29. The molecule has 0 radical (unpaired) electrons. The Morgan fingerprint density at radius 1 is 0.947 bits per heavy atom. The minimum absolute atomic E-state index is 0.0489. The summed E-state index contributed by atoms with van der Waals surface area (Å²) in [6, 6.07) is 10.4. The normalized spacial score (nSPS) is 13.3. The van der Waals surface area contributed by atoms with E-state index < -0.39 is 8.27 Å². The van der Waals surface area contributed by atoms with E-state index >= 15 is 0 Å². The molecule has 0 unspecified atom stereocenters. The lowest BCUT2D eigenvalue weighted by atomic mass is 10.0. The van der Waals surface area contributed by atoms with E-state index in [9.17, 15) is 13.2 Å². The van der Waals surface area contributed by atoms with E-state index in [-0.39, 0.29) is 10.7 Å². The molecular formula is C14H9BrO3S. The van der Waals surface area contributed by atoms with E-state index in [1.807, 2.05) is 12.1 Å². The lowest BCUT2D eigenvalue weighted by Gasteiger charge is -2.06. The van der Waals surface area contributed by atoms with Crippen molar-refractivity contribution in [3.8, 4) is 11.1 Å². The molecule has 0 fully saturated rings. The minimum Gasteiger partial charge on any atom is -0.289 e. The molecule has 0 heterocycles. The lowest BCUT2D eigenvalue weighted by molar-refractivity contribution is 0.104. The molecule has 3 rings (SSSR count). The first kappa shape index (κ1) is 12.6. The molecule has 0 aliphatic heterocycles. The van der Waals surface area contributed by atoms with Crippen molar-refractivity contribution in [2.45, 2.75) is 11.8 Å². The largest absolute Gasteiger partial charge is 0.289 e. The van der Waals surface area contributed by atoms with Gasteiger partial charge in [-0.3, -0.25) is 4.79 Å². The molecule has 1 aliphatic rings. The number of benzene rings is 2. The molecule has 0 aromatic heterocycles. The number of hydrogen-bond acceptors (Lipinski definition) is 3. The van der Waals surface area contributed by atoms with E-state index in [2.05, 4.69) is 14.8 Å². The van der Waals surface area contributed by atoms with E-state index in [4.69, 9.17) is 0 Å². The zero-order valence-electron chi connectivity index (χ0n) is 9.98. The van der Waals surface area contributed by atoms with E-state index in [0.717, 1.165) is 5.56 Å². The van der Waals surface area contributed by atoms with Gasteiger partial charge in [-0.2, -0.15) is 0 Å². The summed E-state index contributed by atoms with van der Waals surface area (Å²) in [6.07, 6.45) is 0. The van der Waals surface area contributed by atoms with Gasteiger partial charge in [-0.15, -0.1) is 0 Å². The van der Waals surface area contributed by atoms with E-state index in [1.165, 1.54) is 0 Å². The molecule has 2 aromatic rings. The smallest absolute Gasteiger partial charge is 0.237 e. The topological polar surface area (TPSA) is 51.2 Å². The average Bonchev–Trinajstić information content (AvgIpc) is 2.61. The SMILES string of the molecule is Cc1cc2c(cc1S(=O)(=O)Br)-c1ccccc1C2=O. The zero-order valence-corrected chi connectivity index (χ0v) is 12.4. The summed E-state index contributed by atoms with van der Waals surface area (Å²) in [5, 5.41) is 0. The van der Waals surface area contributed by atoms with Crippen LogP contribution in [0, 0.1) is 6.92 Å². The van der Waals surface area contributed by atoms with Gasteiger partial charge in [0.2, 0.25) is 8.27 Å². The Balaban J connectivity index is 2.38. The van der Waals surface area contributed by atoms with Crippen molar-refractivity contribution in [2.75, 3.05) is 0 Å². The van der Waals surface area contributed by atoms with Crippen molar-refractivity contribution in [3.05, 3.63) is 53.1 Å². The fourth-order valence-electron chi connectivity index (χ4n) is 2.42. The fraction of sp³-hybridized carbons (Fsp3) is 0.0714. The second-order valence-corrected chi connectivity index (χ2v) is 8.35. The quantitative estimate of drug-likeness (QED) is 0.640. The van der Waals surface area contributed by atoms with Crippen LogP contribution in [0.15, 0.2) is 41.3 Å². The van der Waals surface area contributed by atoms with Crippen molar-refractivity contribution in [3.63, 3.8) is 0 Å². The van der Waals surface area contributed by atoms with Gasteiger partial charge in [0.25, 0.3) is 0 Å². The van der Waals surface area contributed by atoms with Crippen molar-refractivity contribution in [2.24, 2.45) is 0 Å². The minimum atomic E-state index is -3.47. The van der Waals surface area contributed by atoms with E-state index in [1.54, 1.807) is 31.2 Å². The van der Waals surface area contributed by atoms with Gasteiger partial charge >= 0.3 is 0 Å². The molecule has 3 nitrogen and oxygen atoms in total. The maximum absolute atomic E-state index is 12.2. The first-order valence-corrected chi connectivity index (χ1v) is 8.95. The first-order valence-electron chi connectivity index (χ1n) is 5.63. The molecule has 0 saturated carbocycles. The van der Waals surface area contributed by atoms with Crippen LogP contribution >= 0.6 is 14.8 Å². The van der Waals surface area contributed by atoms with Crippen molar-refractivity contribution < 1.29 is 13.2 Å². The third kappa shape index (κ3) is 1.84. The molecular weight excluding hydrogens is 328 g/mol. The Kier molecular flexibility index (Phi) is 2.66. The Morgan fingerprint density at radius 3 is 2.21 bits per heavy atom. The summed E-state index contributed by atoms with van der Waals surface area (Å²) < 4.78 is 23.4. The van der Waals surface area contributed by atoms with Gasteiger partial charge in [-0.1, -0.05) is 24.3 Å². The Hall–Kier alpha value is -1.46. The molecule has 0 saturated heterocycles. The molecule has 0 spiro atoms. The average molecular weight is 337 g/mol. The monoisotopic (exact) mass is 336 g/mol. The fourth-order valence-corrected chi connectivity index (χ4v) is 4.17. The number of ketones is 1. The molecule has 2 aromatic carbocycles. The molecule has 0 bridgehead atoms. The van der Waals surface area contributed by atoms with Gasteiger partial charge in [0, 0.05) is 11.1 Å². The Bertz CT molecular complexity index is 823. The van der Waals surface area contributed by atoms with Crippen LogP contribution in [-0.4, -0.2) is 14.2 Å². The molecule has 1 aliphatic carbocycles.